The second-order valence-corrected chi connectivity index (χ2v) is 6.13. The summed E-state index contributed by atoms with van der Waals surface area (Å²) >= 11 is 6.02. The largest absolute Gasteiger partial charge is 0.366 e. The Bertz CT molecular complexity index is 760. The number of hydrogen-bond acceptors (Lipinski definition) is 3. The minimum atomic E-state index is -0.534. The zero-order valence-electron chi connectivity index (χ0n) is 13.9. The van der Waals surface area contributed by atoms with E-state index in [-0.39, 0.29) is 12.5 Å². The van der Waals surface area contributed by atoms with Crippen molar-refractivity contribution in [2.75, 3.05) is 12.4 Å². The molecule has 0 aliphatic rings. The third-order valence-electron chi connectivity index (χ3n) is 3.95. The predicted octanol–water partition coefficient (Wildman–Crippen LogP) is 3.04. The van der Waals surface area contributed by atoms with Crippen LogP contribution in [0.1, 0.15) is 22.8 Å². The van der Waals surface area contributed by atoms with Gasteiger partial charge in [-0.3, -0.25) is 14.5 Å². The summed E-state index contributed by atoms with van der Waals surface area (Å²) in [5.41, 5.74) is 6.42. The van der Waals surface area contributed by atoms with E-state index in [9.17, 15) is 14.0 Å². The van der Waals surface area contributed by atoms with E-state index in [0.29, 0.717) is 21.8 Å². The van der Waals surface area contributed by atoms with Crippen molar-refractivity contribution < 1.29 is 14.0 Å². The van der Waals surface area contributed by atoms with Crippen LogP contribution < -0.4 is 11.1 Å². The second kappa shape index (κ2) is 8.09. The molecule has 7 heteroatoms. The standard InChI is InChI=1S/C18H19ClFN3O2/c1-11(23(2)10-14-15(19)4-3-5-16(14)20)18(25)22-13-8-6-12(7-9-13)17(21)24/h3-9,11H,10H2,1-2H3,(H2,21,24)(H,22,25)/t11-/m0/s1. The fraction of sp³-hybridized carbons (Fsp3) is 0.222. The normalized spacial score (nSPS) is 12.0. The van der Waals surface area contributed by atoms with E-state index in [4.69, 9.17) is 17.3 Å². The summed E-state index contributed by atoms with van der Waals surface area (Å²) in [6.45, 7) is 1.91. The lowest BCUT2D eigenvalue weighted by atomic mass is 10.1. The molecule has 0 spiro atoms. The lowest BCUT2D eigenvalue weighted by Crippen LogP contribution is -2.39. The molecule has 0 aromatic heterocycles. The number of amides is 2. The first-order chi connectivity index (χ1) is 11.8. The van der Waals surface area contributed by atoms with Gasteiger partial charge in [0, 0.05) is 28.4 Å². The number of carbonyl (C=O) groups excluding carboxylic acids is 2. The maximum Gasteiger partial charge on any atom is 0.248 e. The summed E-state index contributed by atoms with van der Waals surface area (Å²) < 4.78 is 13.9. The lowest BCUT2D eigenvalue weighted by molar-refractivity contribution is -0.120. The lowest BCUT2D eigenvalue weighted by Gasteiger charge is -2.24. The Balaban J connectivity index is 2.02. The maximum absolute atomic E-state index is 13.9. The third kappa shape index (κ3) is 4.78. The van der Waals surface area contributed by atoms with Crippen molar-refractivity contribution in [1.82, 2.24) is 4.90 Å². The first kappa shape index (κ1) is 18.9. The maximum atomic E-state index is 13.9. The number of likely N-dealkylation sites (N-methyl/N-ethyl adjacent to an activating group) is 1. The van der Waals surface area contributed by atoms with Crippen molar-refractivity contribution in [3.8, 4) is 0 Å². The van der Waals surface area contributed by atoms with Crippen LogP contribution in [0.5, 0.6) is 0 Å². The molecular weight excluding hydrogens is 345 g/mol. The van der Waals surface area contributed by atoms with Gasteiger partial charge in [0.25, 0.3) is 0 Å². The molecule has 2 aromatic carbocycles. The molecule has 0 bridgehead atoms. The van der Waals surface area contributed by atoms with Crippen molar-refractivity contribution in [2.24, 2.45) is 5.73 Å². The number of benzene rings is 2. The van der Waals surface area contributed by atoms with E-state index in [2.05, 4.69) is 5.32 Å². The van der Waals surface area contributed by atoms with Gasteiger partial charge in [0.05, 0.1) is 6.04 Å². The van der Waals surface area contributed by atoms with Crippen LogP contribution in [0.4, 0.5) is 10.1 Å². The molecule has 2 amide bonds. The minimum Gasteiger partial charge on any atom is -0.366 e. The van der Waals surface area contributed by atoms with E-state index in [1.807, 2.05) is 0 Å². The minimum absolute atomic E-state index is 0.195. The highest BCUT2D eigenvalue weighted by Gasteiger charge is 2.20. The zero-order chi connectivity index (χ0) is 18.6. The number of anilines is 1. The Morgan fingerprint density at radius 3 is 2.44 bits per heavy atom. The molecular formula is C18H19ClFN3O2. The van der Waals surface area contributed by atoms with Gasteiger partial charge in [-0.05, 0) is 50.4 Å². The quantitative estimate of drug-likeness (QED) is 0.828. The topological polar surface area (TPSA) is 75.4 Å². The number of hydrogen-bond donors (Lipinski definition) is 2. The van der Waals surface area contributed by atoms with Crippen LogP contribution in [-0.4, -0.2) is 29.8 Å². The summed E-state index contributed by atoms with van der Waals surface area (Å²) in [7, 11) is 1.71. The van der Waals surface area contributed by atoms with E-state index in [1.54, 1.807) is 37.1 Å². The first-order valence-electron chi connectivity index (χ1n) is 7.63. The van der Waals surface area contributed by atoms with Gasteiger partial charge in [-0.25, -0.2) is 4.39 Å². The van der Waals surface area contributed by atoms with E-state index in [1.165, 1.54) is 24.3 Å². The zero-order valence-corrected chi connectivity index (χ0v) is 14.7. The summed E-state index contributed by atoms with van der Waals surface area (Å²) in [5.74, 6) is -1.21. The van der Waals surface area contributed by atoms with Crippen LogP contribution in [-0.2, 0) is 11.3 Å². The second-order valence-electron chi connectivity index (χ2n) is 5.72. The molecule has 0 saturated carbocycles. The van der Waals surface area contributed by atoms with Crippen LogP contribution in [0.15, 0.2) is 42.5 Å². The fourth-order valence-corrected chi connectivity index (χ4v) is 2.46. The highest BCUT2D eigenvalue weighted by molar-refractivity contribution is 6.31. The summed E-state index contributed by atoms with van der Waals surface area (Å²) in [5, 5.41) is 3.07. The molecule has 0 fully saturated rings. The predicted molar refractivity (Wildman–Crippen MR) is 95.9 cm³/mol. The van der Waals surface area contributed by atoms with Crippen molar-refractivity contribution in [3.05, 3.63) is 64.4 Å². The highest BCUT2D eigenvalue weighted by atomic mass is 35.5. The number of primary amides is 1. The SMILES string of the molecule is C[C@@H](C(=O)Nc1ccc(C(N)=O)cc1)N(C)Cc1c(F)cccc1Cl. The van der Waals surface area contributed by atoms with Crippen LogP contribution >= 0.6 is 11.6 Å². The van der Waals surface area contributed by atoms with Crippen molar-refractivity contribution >= 4 is 29.1 Å². The van der Waals surface area contributed by atoms with Gasteiger partial charge in [-0.1, -0.05) is 17.7 Å². The van der Waals surface area contributed by atoms with Crippen LogP contribution in [0.25, 0.3) is 0 Å². The Hall–Kier alpha value is -2.44. The van der Waals surface area contributed by atoms with Gasteiger partial charge < -0.3 is 11.1 Å². The Labute approximate surface area is 150 Å². The molecule has 1 atom stereocenters. The van der Waals surface area contributed by atoms with E-state index >= 15 is 0 Å². The molecule has 0 saturated heterocycles. The van der Waals surface area contributed by atoms with Gasteiger partial charge >= 0.3 is 0 Å². The van der Waals surface area contributed by atoms with Crippen LogP contribution in [0.3, 0.4) is 0 Å². The number of halogens is 2. The summed E-state index contributed by atoms with van der Waals surface area (Å²) in [4.78, 5) is 25.1. The third-order valence-corrected chi connectivity index (χ3v) is 4.30. The number of nitrogens with one attached hydrogen (secondary N) is 1. The van der Waals surface area contributed by atoms with Gasteiger partial charge in [0.2, 0.25) is 11.8 Å². The van der Waals surface area contributed by atoms with Crippen LogP contribution in [0.2, 0.25) is 5.02 Å². The number of nitrogens with zero attached hydrogens (tertiary/aromatic N) is 1. The Morgan fingerprint density at radius 2 is 1.88 bits per heavy atom. The van der Waals surface area contributed by atoms with Crippen molar-refractivity contribution in [1.29, 1.82) is 0 Å². The van der Waals surface area contributed by atoms with Crippen molar-refractivity contribution in [2.45, 2.75) is 19.5 Å². The van der Waals surface area contributed by atoms with Gasteiger partial charge in [0.1, 0.15) is 5.82 Å². The van der Waals surface area contributed by atoms with Gasteiger partial charge in [0.15, 0.2) is 0 Å². The van der Waals surface area contributed by atoms with Gasteiger partial charge in [-0.15, -0.1) is 0 Å². The molecule has 0 aliphatic carbocycles. The average molecular weight is 364 g/mol. The van der Waals surface area contributed by atoms with Crippen molar-refractivity contribution in [3.63, 3.8) is 0 Å². The Kier molecular flexibility index (Phi) is 6.12. The first-order valence-corrected chi connectivity index (χ1v) is 8.01. The number of carbonyl (C=O) groups is 2. The molecule has 25 heavy (non-hydrogen) atoms. The highest BCUT2D eigenvalue weighted by Crippen LogP contribution is 2.21. The molecule has 5 nitrogen and oxygen atoms in total. The van der Waals surface area contributed by atoms with E-state index < -0.39 is 17.8 Å². The number of rotatable bonds is 6. The molecule has 132 valence electrons. The molecule has 2 rings (SSSR count). The van der Waals surface area contributed by atoms with Crippen LogP contribution in [0, 0.1) is 5.82 Å². The number of nitrogens with two attached hydrogens (primary N) is 1. The Morgan fingerprint density at radius 1 is 1.24 bits per heavy atom. The molecule has 0 heterocycles. The summed E-state index contributed by atoms with van der Waals surface area (Å²) in [6.07, 6.45) is 0. The van der Waals surface area contributed by atoms with E-state index in [0.717, 1.165) is 0 Å². The fourth-order valence-electron chi connectivity index (χ4n) is 2.23. The summed E-state index contributed by atoms with van der Waals surface area (Å²) in [6, 6.07) is 10.2. The molecule has 3 N–H and O–H groups in total. The average Bonchev–Trinajstić information content (AvgIpc) is 2.57. The van der Waals surface area contributed by atoms with Gasteiger partial charge in [-0.2, -0.15) is 0 Å². The molecule has 0 radical (unpaired) electrons. The molecule has 0 aliphatic heterocycles. The molecule has 0 unspecified atom stereocenters. The smallest absolute Gasteiger partial charge is 0.248 e. The molecule has 2 aromatic rings. The monoisotopic (exact) mass is 363 g/mol.